The van der Waals surface area contributed by atoms with E-state index in [-0.39, 0.29) is 35.2 Å². The molecule has 4 aliphatic rings. The lowest BCUT2D eigenvalue weighted by atomic mass is 9.76. The van der Waals surface area contributed by atoms with Crippen molar-refractivity contribution >= 4 is 11.8 Å². The Bertz CT molecular complexity index is 641. The van der Waals surface area contributed by atoms with E-state index in [0.717, 1.165) is 32.6 Å². The molecule has 2 unspecified atom stereocenters. The Morgan fingerprint density at radius 3 is 2.77 bits per heavy atom. The molecule has 1 spiro atoms. The van der Waals surface area contributed by atoms with Crippen LogP contribution in [0, 0.1) is 17.3 Å². The van der Waals surface area contributed by atoms with Crippen molar-refractivity contribution in [3.05, 3.63) is 12.2 Å². The Hall–Kier alpha value is -1.40. The van der Waals surface area contributed by atoms with Gasteiger partial charge in [0.15, 0.2) is 0 Å². The van der Waals surface area contributed by atoms with Crippen LogP contribution in [0.3, 0.4) is 0 Å². The van der Waals surface area contributed by atoms with Crippen molar-refractivity contribution in [3.8, 4) is 0 Å². The van der Waals surface area contributed by atoms with E-state index in [9.17, 15) is 9.59 Å². The average molecular weight is 361 g/mol. The van der Waals surface area contributed by atoms with Gasteiger partial charge in [-0.1, -0.05) is 32.9 Å². The Morgan fingerprint density at radius 1 is 1.27 bits per heavy atom. The second kappa shape index (κ2) is 6.06. The maximum Gasteiger partial charge on any atom is 0.230 e. The van der Waals surface area contributed by atoms with E-state index >= 15 is 0 Å². The van der Waals surface area contributed by atoms with Crippen LogP contribution in [-0.2, 0) is 14.3 Å². The molecule has 4 rings (SSSR count). The summed E-state index contributed by atoms with van der Waals surface area (Å²) in [5.41, 5.74) is -0.558. The van der Waals surface area contributed by atoms with E-state index in [0.29, 0.717) is 13.1 Å². The molecule has 144 valence electrons. The van der Waals surface area contributed by atoms with Crippen LogP contribution in [0.15, 0.2) is 12.2 Å². The van der Waals surface area contributed by atoms with Crippen molar-refractivity contribution < 1.29 is 14.3 Å². The molecule has 2 bridgehead atoms. The molecular weight excluding hydrogens is 330 g/mol. The zero-order chi connectivity index (χ0) is 18.7. The minimum absolute atomic E-state index is 0.0293. The van der Waals surface area contributed by atoms with Crippen LogP contribution in [0.4, 0.5) is 0 Å². The quantitative estimate of drug-likeness (QED) is 0.688. The van der Waals surface area contributed by atoms with Gasteiger partial charge in [-0.05, 0) is 25.4 Å². The van der Waals surface area contributed by atoms with Gasteiger partial charge < -0.3 is 19.4 Å². The van der Waals surface area contributed by atoms with E-state index in [4.69, 9.17) is 4.74 Å². The largest absolute Gasteiger partial charge is 0.360 e. The van der Waals surface area contributed by atoms with Gasteiger partial charge in [0.1, 0.15) is 5.60 Å². The Labute approximate surface area is 156 Å². The maximum absolute atomic E-state index is 13.3. The van der Waals surface area contributed by atoms with E-state index < -0.39 is 5.60 Å². The highest BCUT2D eigenvalue weighted by molar-refractivity contribution is 5.93. The summed E-state index contributed by atoms with van der Waals surface area (Å²) >= 11 is 0. The number of hydrogen-bond donors (Lipinski definition) is 0. The summed E-state index contributed by atoms with van der Waals surface area (Å²) in [5.74, 6) is -0.515. The lowest BCUT2D eigenvalue weighted by molar-refractivity contribution is -0.143. The molecule has 3 fully saturated rings. The van der Waals surface area contributed by atoms with Crippen LogP contribution in [0.5, 0.6) is 0 Å². The van der Waals surface area contributed by atoms with Gasteiger partial charge in [0.25, 0.3) is 0 Å². The first kappa shape index (κ1) is 18.0. The minimum atomic E-state index is -0.587. The smallest absolute Gasteiger partial charge is 0.230 e. The van der Waals surface area contributed by atoms with Crippen molar-refractivity contribution in [3.63, 3.8) is 0 Å². The van der Waals surface area contributed by atoms with Crippen LogP contribution < -0.4 is 0 Å². The van der Waals surface area contributed by atoms with Crippen LogP contribution in [0.2, 0.25) is 0 Å². The Balaban J connectivity index is 1.56. The summed E-state index contributed by atoms with van der Waals surface area (Å²) in [7, 11) is 2.09. The predicted molar refractivity (Wildman–Crippen MR) is 98.5 cm³/mol. The van der Waals surface area contributed by atoms with Gasteiger partial charge in [-0.2, -0.15) is 0 Å². The van der Waals surface area contributed by atoms with Crippen molar-refractivity contribution in [2.75, 3.05) is 46.3 Å². The molecule has 0 saturated carbocycles. The molecule has 4 aliphatic heterocycles. The molecule has 6 nitrogen and oxygen atoms in total. The number of ether oxygens (including phenoxy) is 1. The van der Waals surface area contributed by atoms with Gasteiger partial charge in [-0.15, -0.1) is 0 Å². The molecular formula is C20H31N3O3. The highest BCUT2D eigenvalue weighted by atomic mass is 16.5. The fourth-order valence-corrected chi connectivity index (χ4v) is 5.04. The summed E-state index contributed by atoms with van der Waals surface area (Å²) in [5, 5.41) is 0. The first-order valence-electron chi connectivity index (χ1n) is 9.84. The zero-order valence-electron chi connectivity index (χ0n) is 16.4. The second-order valence-corrected chi connectivity index (χ2v) is 9.64. The number of likely N-dealkylation sites (N-methyl/N-ethyl adjacent to an activating group) is 1. The average Bonchev–Trinajstić information content (AvgIpc) is 3.10. The number of amides is 2. The van der Waals surface area contributed by atoms with Gasteiger partial charge in [-0.3, -0.25) is 9.59 Å². The molecule has 0 aromatic rings. The van der Waals surface area contributed by atoms with Gasteiger partial charge in [0.05, 0.1) is 24.5 Å². The first-order chi connectivity index (χ1) is 12.2. The fraction of sp³-hybridized carbons (Fsp3) is 0.800. The van der Waals surface area contributed by atoms with E-state index in [1.807, 2.05) is 22.0 Å². The zero-order valence-corrected chi connectivity index (χ0v) is 16.4. The van der Waals surface area contributed by atoms with Crippen molar-refractivity contribution in [1.82, 2.24) is 14.7 Å². The number of rotatable bonds is 2. The molecule has 0 aromatic heterocycles. The molecule has 0 aromatic carbocycles. The molecule has 6 heteroatoms. The van der Waals surface area contributed by atoms with E-state index in [1.165, 1.54) is 0 Å². The Morgan fingerprint density at radius 2 is 2.04 bits per heavy atom. The van der Waals surface area contributed by atoms with E-state index in [1.54, 1.807) is 0 Å². The van der Waals surface area contributed by atoms with Gasteiger partial charge >= 0.3 is 0 Å². The number of carbonyl (C=O) groups is 2. The first-order valence-corrected chi connectivity index (χ1v) is 9.84. The number of fused-ring (bicyclic) bond motifs is 1. The summed E-state index contributed by atoms with van der Waals surface area (Å²) in [6.45, 7) is 11.1. The standard InChI is InChI=1S/C20H31N3O3/c1-19(2,3)12-23-13-20-7-6-14(26-20)15(16(20)18(23)25)17(24)22-9-5-8-21(4)10-11-22/h6-7,14-16H,5,8-13H2,1-4H3/t14-,15?,16?,20-/m1/s1. The maximum atomic E-state index is 13.3. The normalized spacial score (nSPS) is 37.4. The summed E-state index contributed by atoms with van der Waals surface area (Å²) in [6.07, 6.45) is 4.80. The molecule has 0 N–H and O–H groups in total. The Kier molecular flexibility index (Phi) is 4.19. The minimum Gasteiger partial charge on any atom is -0.360 e. The number of likely N-dealkylation sites (tertiary alicyclic amines) is 1. The molecule has 4 heterocycles. The third-order valence-electron chi connectivity index (χ3n) is 6.16. The second-order valence-electron chi connectivity index (χ2n) is 9.64. The van der Waals surface area contributed by atoms with Crippen LogP contribution in [0.1, 0.15) is 27.2 Å². The molecule has 4 atom stereocenters. The fourth-order valence-electron chi connectivity index (χ4n) is 5.04. The van der Waals surface area contributed by atoms with Crippen molar-refractivity contribution in [2.24, 2.45) is 17.3 Å². The summed E-state index contributed by atoms with van der Waals surface area (Å²) < 4.78 is 6.24. The lowest BCUT2D eigenvalue weighted by Gasteiger charge is -2.30. The molecule has 26 heavy (non-hydrogen) atoms. The SMILES string of the molecule is CN1CCCN(C(=O)C2C3C(=O)N(CC(C)(C)C)C[C@]34C=C[C@H]2O4)CC1. The molecule has 3 saturated heterocycles. The third-order valence-corrected chi connectivity index (χ3v) is 6.16. The van der Waals surface area contributed by atoms with Crippen LogP contribution in [0.25, 0.3) is 0 Å². The van der Waals surface area contributed by atoms with Crippen LogP contribution >= 0.6 is 0 Å². The third kappa shape index (κ3) is 2.87. The van der Waals surface area contributed by atoms with Gasteiger partial charge in [0.2, 0.25) is 11.8 Å². The predicted octanol–water partition coefficient (Wildman–Crippen LogP) is 0.979. The van der Waals surface area contributed by atoms with Gasteiger partial charge in [0, 0.05) is 26.2 Å². The molecule has 0 radical (unpaired) electrons. The van der Waals surface area contributed by atoms with Crippen molar-refractivity contribution in [1.29, 1.82) is 0 Å². The highest BCUT2D eigenvalue weighted by Gasteiger charge is 2.67. The molecule has 0 aliphatic carbocycles. The monoisotopic (exact) mass is 361 g/mol. The van der Waals surface area contributed by atoms with Crippen LogP contribution in [-0.4, -0.2) is 84.5 Å². The summed E-state index contributed by atoms with van der Waals surface area (Å²) in [6, 6.07) is 0. The van der Waals surface area contributed by atoms with Crippen molar-refractivity contribution in [2.45, 2.75) is 38.9 Å². The lowest BCUT2D eigenvalue weighted by Crippen LogP contribution is -2.47. The van der Waals surface area contributed by atoms with E-state index in [2.05, 4.69) is 32.7 Å². The topological polar surface area (TPSA) is 53.1 Å². The number of hydrogen-bond acceptors (Lipinski definition) is 4. The molecule has 2 amide bonds. The van der Waals surface area contributed by atoms with Gasteiger partial charge in [-0.25, -0.2) is 0 Å². The highest BCUT2D eigenvalue weighted by Crippen LogP contribution is 2.52. The summed E-state index contributed by atoms with van der Waals surface area (Å²) in [4.78, 5) is 32.7. The number of nitrogens with zero attached hydrogens (tertiary/aromatic N) is 3. The number of carbonyl (C=O) groups excluding carboxylic acids is 2.